The Morgan fingerprint density at radius 1 is 1.18 bits per heavy atom. The first kappa shape index (κ1) is 18.4. The SMILES string of the molecule is Cc1cc(C)c2ccc(N3CCC(N(C)C(=O)c4cnn(C)c4)CC3)nc2n1. The van der Waals surface area contributed by atoms with Crippen LogP contribution < -0.4 is 4.90 Å². The van der Waals surface area contributed by atoms with Gasteiger partial charge < -0.3 is 9.80 Å². The Balaban J connectivity index is 1.45. The number of anilines is 1. The lowest BCUT2D eigenvalue weighted by Crippen LogP contribution is -2.45. The summed E-state index contributed by atoms with van der Waals surface area (Å²) in [6.07, 6.45) is 5.23. The van der Waals surface area contributed by atoms with Gasteiger partial charge in [0.1, 0.15) is 5.82 Å². The Morgan fingerprint density at radius 3 is 2.61 bits per heavy atom. The van der Waals surface area contributed by atoms with Gasteiger partial charge >= 0.3 is 0 Å². The second-order valence-corrected chi connectivity index (χ2v) is 7.66. The molecule has 0 aromatic carbocycles. The molecule has 0 atom stereocenters. The van der Waals surface area contributed by atoms with Crippen LogP contribution in [0.3, 0.4) is 0 Å². The van der Waals surface area contributed by atoms with Crippen LogP contribution in [0.15, 0.2) is 30.6 Å². The number of amides is 1. The van der Waals surface area contributed by atoms with Crippen LogP contribution in [0.1, 0.15) is 34.5 Å². The van der Waals surface area contributed by atoms with E-state index in [2.05, 4.69) is 40.1 Å². The van der Waals surface area contributed by atoms with Gasteiger partial charge in [-0.05, 0) is 50.5 Å². The highest BCUT2D eigenvalue weighted by atomic mass is 16.2. The Hall–Kier alpha value is -2.96. The molecule has 1 amide bonds. The van der Waals surface area contributed by atoms with Crippen LogP contribution in [0.2, 0.25) is 0 Å². The van der Waals surface area contributed by atoms with Crippen molar-refractivity contribution in [1.82, 2.24) is 24.6 Å². The molecule has 0 bridgehead atoms. The van der Waals surface area contributed by atoms with E-state index in [1.807, 2.05) is 25.9 Å². The summed E-state index contributed by atoms with van der Waals surface area (Å²) in [6, 6.07) is 6.51. The fraction of sp³-hybridized carbons (Fsp3) is 0.429. The molecule has 1 fully saturated rings. The first-order valence-electron chi connectivity index (χ1n) is 9.68. The molecule has 1 aliphatic heterocycles. The maximum Gasteiger partial charge on any atom is 0.257 e. The summed E-state index contributed by atoms with van der Waals surface area (Å²) in [5, 5.41) is 5.20. The second-order valence-electron chi connectivity index (χ2n) is 7.66. The van der Waals surface area contributed by atoms with E-state index in [4.69, 9.17) is 4.98 Å². The van der Waals surface area contributed by atoms with Crippen LogP contribution in [0, 0.1) is 13.8 Å². The van der Waals surface area contributed by atoms with Crippen molar-refractivity contribution in [2.75, 3.05) is 25.0 Å². The van der Waals surface area contributed by atoms with Crippen molar-refractivity contribution < 1.29 is 4.79 Å². The summed E-state index contributed by atoms with van der Waals surface area (Å²) in [5.41, 5.74) is 3.64. The van der Waals surface area contributed by atoms with E-state index < -0.39 is 0 Å². The predicted octanol–water partition coefficient (Wildman–Crippen LogP) is 2.72. The van der Waals surface area contributed by atoms with Crippen LogP contribution >= 0.6 is 0 Å². The summed E-state index contributed by atoms with van der Waals surface area (Å²) in [4.78, 5) is 26.2. The Labute approximate surface area is 165 Å². The lowest BCUT2D eigenvalue weighted by atomic mass is 10.0. The number of rotatable bonds is 3. The zero-order chi connectivity index (χ0) is 19.8. The van der Waals surface area contributed by atoms with Gasteiger partial charge in [-0.1, -0.05) is 0 Å². The molecule has 3 aromatic heterocycles. The quantitative estimate of drug-likeness (QED) is 0.701. The van der Waals surface area contributed by atoms with Gasteiger partial charge in [-0.25, -0.2) is 9.97 Å². The molecule has 7 nitrogen and oxygen atoms in total. The zero-order valence-corrected chi connectivity index (χ0v) is 16.9. The Morgan fingerprint density at radius 2 is 1.93 bits per heavy atom. The molecule has 1 aliphatic rings. The van der Waals surface area contributed by atoms with Crippen molar-refractivity contribution in [2.24, 2.45) is 7.05 Å². The molecule has 28 heavy (non-hydrogen) atoms. The number of carbonyl (C=O) groups excluding carboxylic acids is 1. The summed E-state index contributed by atoms with van der Waals surface area (Å²) < 4.78 is 1.66. The topological polar surface area (TPSA) is 67.2 Å². The molecular weight excluding hydrogens is 352 g/mol. The third kappa shape index (κ3) is 3.44. The molecule has 0 aliphatic carbocycles. The van der Waals surface area contributed by atoms with Crippen molar-refractivity contribution in [3.8, 4) is 0 Å². The van der Waals surface area contributed by atoms with Crippen LogP contribution in [-0.2, 0) is 7.05 Å². The fourth-order valence-corrected chi connectivity index (χ4v) is 3.98. The van der Waals surface area contributed by atoms with Gasteiger partial charge in [-0.3, -0.25) is 9.48 Å². The van der Waals surface area contributed by atoms with Crippen molar-refractivity contribution in [3.05, 3.63) is 47.4 Å². The van der Waals surface area contributed by atoms with E-state index in [1.54, 1.807) is 17.1 Å². The van der Waals surface area contributed by atoms with Crippen molar-refractivity contribution in [1.29, 1.82) is 0 Å². The normalized spacial score (nSPS) is 15.2. The number of aryl methyl sites for hydroxylation is 3. The maximum atomic E-state index is 12.7. The lowest BCUT2D eigenvalue weighted by Gasteiger charge is -2.37. The summed E-state index contributed by atoms with van der Waals surface area (Å²) in [7, 11) is 3.71. The molecule has 4 heterocycles. The van der Waals surface area contributed by atoms with E-state index in [0.29, 0.717) is 5.56 Å². The van der Waals surface area contributed by atoms with Gasteiger partial charge in [0.15, 0.2) is 5.65 Å². The summed E-state index contributed by atoms with van der Waals surface area (Å²) in [5.74, 6) is 0.996. The number of carbonyl (C=O) groups is 1. The monoisotopic (exact) mass is 378 g/mol. The molecule has 4 rings (SSSR count). The molecule has 0 spiro atoms. The molecule has 146 valence electrons. The van der Waals surface area contributed by atoms with Crippen LogP contribution in [-0.4, -0.2) is 56.7 Å². The molecule has 0 radical (unpaired) electrons. The third-order valence-electron chi connectivity index (χ3n) is 5.60. The summed E-state index contributed by atoms with van der Waals surface area (Å²) in [6.45, 7) is 5.84. The minimum atomic E-state index is 0.0329. The van der Waals surface area contributed by atoms with Crippen LogP contribution in [0.4, 0.5) is 5.82 Å². The first-order valence-corrected chi connectivity index (χ1v) is 9.68. The Bertz CT molecular complexity index is 1020. The number of aromatic nitrogens is 4. The van der Waals surface area contributed by atoms with Crippen molar-refractivity contribution >= 4 is 22.8 Å². The molecule has 0 saturated carbocycles. The average Bonchev–Trinajstić information content (AvgIpc) is 3.12. The zero-order valence-electron chi connectivity index (χ0n) is 16.9. The number of hydrogen-bond acceptors (Lipinski definition) is 5. The lowest BCUT2D eigenvalue weighted by molar-refractivity contribution is 0.0709. The van der Waals surface area contributed by atoms with Gasteiger partial charge in [0, 0.05) is 50.5 Å². The Kier molecular flexibility index (Phi) is 4.75. The third-order valence-corrected chi connectivity index (χ3v) is 5.60. The first-order chi connectivity index (χ1) is 13.4. The van der Waals surface area contributed by atoms with Crippen LogP contribution in [0.5, 0.6) is 0 Å². The summed E-state index contributed by atoms with van der Waals surface area (Å²) >= 11 is 0. The minimum absolute atomic E-state index is 0.0329. The highest BCUT2D eigenvalue weighted by Crippen LogP contribution is 2.24. The smallest absolute Gasteiger partial charge is 0.257 e. The number of piperidine rings is 1. The van der Waals surface area contributed by atoms with Crippen molar-refractivity contribution in [3.63, 3.8) is 0 Å². The van der Waals surface area contributed by atoms with Gasteiger partial charge in [0.25, 0.3) is 5.91 Å². The highest BCUT2D eigenvalue weighted by molar-refractivity contribution is 5.93. The van der Waals surface area contributed by atoms with E-state index >= 15 is 0 Å². The molecular formula is C21H26N6O. The number of pyridine rings is 2. The van der Waals surface area contributed by atoms with Crippen LogP contribution in [0.25, 0.3) is 11.0 Å². The standard InChI is InChI=1S/C21H26N6O/c1-14-11-15(2)23-20-18(14)5-6-19(24-20)27-9-7-17(8-10-27)26(4)21(28)16-12-22-25(3)13-16/h5-6,11-13,17H,7-10H2,1-4H3. The van der Waals surface area contributed by atoms with Crippen molar-refractivity contribution in [2.45, 2.75) is 32.7 Å². The van der Waals surface area contributed by atoms with Gasteiger partial charge in [0.05, 0.1) is 11.8 Å². The molecule has 0 N–H and O–H groups in total. The van der Waals surface area contributed by atoms with Gasteiger partial charge in [0.2, 0.25) is 0 Å². The van der Waals surface area contributed by atoms with E-state index in [1.165, 1.54) is 5.56 Å². The minimum Gasteiger partial charge on any atom is -0.356 e. The average molecular weight is 378 g/mol. The fourth-order valence-electron chi connectivity index (χ4n) is 3.98. The predicted molar refractivity (Wildman–Crippen MR) is 110 cm³/mol. The van der Waals surface area contributed by atoms with Gasteiger partial charge in [-0.15, -0.1) is 0 Å². The number of hydrogen-bond donors (Lipinski definition) is 0. The molecule has 3 aromatic rings. The second kappa shape index (κ2) is 7.22. The number of fused-ring (bicyclic) bond motifs is 1. The molecule has 1 saturated heterocycles. The largest absolute Gasteiger partial charge is 0.356 e. The van der Waals surface area contributed by atoms with E-state index in [9.17, 15) is 4.79 Å². The van der Waals surface area contributed by atoms with Gasteiger partial charge in [-0.2, -0.15) is 5.10 Å². The molecule has 0 unspecified atom stereocenters. The number of nitrogens with zero attached hydrogens (tertiary/aromatic N) is 6. The maximum absolute atomic E-state index is 12.7. The van der Waals surface area contributed by atoms with E-state index in [0.717, 1.165) is 48.5 Å². The molecule has 7 heteroatoms. The van der Waals surface area contributed by atoms with E-state index in [-0.39, 0.29) is 11.9 Å². The highest BCUT2D eigenvalue weighted by Gasteiger charge is 2.27.